The molecule has 6 nitrogen and oxygen atoms in total. The van der Waals surface area contributed by atoms with Gasteiger partial charge in [-0.3, -0.25) is 9.69 Å². The summed E-state index contributed by atoms with van der Waals surface area (Å²) in [7, 11) is -3.43. The second kappa shape index (κ2) is 9.89. The molecule has 0 aliphatic heterocycles. The molecule has 0 N–H and O–H groups in total. The number of sulfone groups is 1. The summed E-state index contributed by atoms with van der Waals surface area (Å²) in [4.78, 5) is 19.9. The maximum absolute atomic E-state index is 13.2. The molecule has 0 spiro atoms. The van der Waals surface area contributed by atoms with Crippen molar-refractivity contribution in [2.24, 2.45) is 0 Å². The van der Waals surface area contributed by atoms with Gasteiger partial charge >= 0.3 is 0 Å². The number of nitrogens with zero attached hydrogens (tertiary/aromatic N) is 2. The quantitative estimate of drug-likeness (QED) is 0.301. The van der Waals surface area contributed by atoms with E-state index in [-0.39, 0.29) is 35.9 Å². The Morgan fingerprint density at radius 1 is 1.06 bits per heavy atom. The molecule has 0 saturated heterocycles. The van der Waals surface area contributed by atoms with Crippen molar-refractivity contribution in [3.63, 3.8) is 0 Å². The largest absolute Gasteiger partial charge is 0.467 e. The molecule has 8 heteroatoms. The number of hydrogen-bond donors (Lipinski definition) is 0. The SMILES string of the molecule is CC(C)c1cccc2sc(N(Cc3ccco3)C(=O)CCCS(=O)(=O)c3ccccc3)nc12. The molecule has 0 aliphatic carbocycles. The van der Waals surface area contributed by atoms with Crippen LogP contribution in [0.4, 0.5) is 5.13 Å². The maximum atomic E-state index is 13.2. The standard InChI is InChI=1S/C25H26N2O4S2/c1-18(2)21-12-6-13-22-24(21)26-25(32-22)27(17-19-9-7-15-31-19)23(28)14-8-16-33(29,30)20-10-4-3-5-11-20/h3-7,9-13,15,18H,8,14,16-17H2,1-2H3. The lowest BCUT2D eigenvalue weighted by Crippen LogP contribution is -2.30. The van der Waals surface area contributed by atoms with Gasteiger partial charge in [0.05, 0.1) is 33.7 Å². The molecule has 2 aromatic heterocycles. The van der Waals surface area contributed by atoms with Crippen molar-refractivity contribution < 1.29 is 17.6 Å². The van der Waals surface area contributed by atoms with Gasteiger partial charge in [0.1, 0.15) is 5.76 Å². The summed E-state index contributed by atoms with van der Waals surface area (Å²) < 4.78 is 31.6. The molecule has 172 valence electrons. The van der Waals surface area contributed by atoms with Crippen LogP contribution in [-0.4, -0.2) is 25.1 Å². The number of anilines is 1. The predicted octanol–water partition coefficient (Wildman–Crippen LogP) is 5.80. The predicted molar refractivity (Wildman–Crippen MR) is 131 cm³/mol. The fourth-order valence-corrected chi connectivity index (χ4v) is 6.00. The van der Waals surface area contributed by atoms with Gasteiger partial charge < -0.3 is 4.42 Å². The van der Waals surface area contributed by atoms with Crippen LogP contribution in [0.2, 0.25) is 0 Å². The third-order valence-electron chi connectivity index (χ3n) is 5.39. The van der Waals surface area contributed by atoms with E-state index in [1.807, 2.05) is 18.2 Å². The van der Waals surface area contributed by atoms with E-state index in [9.17, 15) is 13.2 Å². The number of furan rings is 1. The fraction of sp³-hybridized carbons (Fsp3) is 0.280. The zero-order valence-electron chi connectivity index (χ0n) is 18.6. The summed E-state index contributed by atoms with van der Waals surface area (Å²) >= 11 is 1.46. The van der Waals surface area contributed by atoms with E-state index in [4.69, 9.17) is 9.40 Å². The summed E-state index contributed by atoms with van der Waals surface area (Å²) in [5.41, 5.74) is 2.03. The first-order valence-electron chi connectivity index (χ1n) is 10.8. The second-order valence-electron chi connectivity index (χ2n) is 8.14. The Balaban J connectivity index is 1.55. The number of thiazole rings is 1. The number of hydrogen-bond acceptors (Lipinski definition) is 6. The number of fused-ring (bicyclic) bond motifs is 1. The zero-order valence-corrected chi connectivity index (χ0v) is 20.2. The number of para-hydroxylation sites is 1. The highest BCUT2D eigenvalue weighted by Crippen LogP contribution is 2.34. The van der Waals surface area contributed by atoms with Crippen molar-refractivity contribution in [3.05, 3.63) is 78.3 Å². The van der Waals surface area contributed by atoms with Crippen LogP contribution in [0.1, 0.15) is 43.9 Å². The molecular weight excluding hydrogens is 456 g/mol. The number of carbonyl (C=O) groups is 1. The smallest absolute Gasteiger partial charge is 0.229 e. The first kappa shape index (κ1) is 23.2. The van der Waals surface area contributed by atoms with E-state index in [0.717, 1.165) is 15.8 Å². The van der Waals surface area contributed by atoms with E-state index in [0.29, 0.717) is 16.8 Å². The van der Waals surface area contributed by atoms with E-state index in [2.05, 4.69) is 19.9 Å². The number of benzene rings is 2. The molecule has 0 fully saturated rings. The number of aromatic nitrogens is 1. The number of rotatable bonds is 9. The average Bonchev–Trinajstić information content (AvgIpc) is 3.47. The molecule has 0 saturated carbocycles. The van der Waals surface area contributed by atoms with Crippen LogP contribution in [0.15, 0.2) is 76.2 Å². The average molecular weight is 483 g/mol. The van der Waals surface area contributed by atoms with Gasteiger partial charge in [0.15, 0.2) is 15.0 Å². The molecule has 1 amide bonds. The number of amides is 1. The molecule has 0 bridgehead atoms. The van der Waals surface area contributed by atoms with Crippen LogP contribution in [0, 0.1) is 0 Å². The summed E-state index contributed by atoms with van der Waals surface area (Å²) in [6, 6.07) is 18.0. The molecule has 0 unspecified atom stereocenters. The first-order chi connectivity index (χ1) is 15.8. The summed E-state index contributed by atoms with van der Waals surface area (Å²) in [6.45, 7) is 4.48. The topological polar surface area (TPSA) is 80.5 Å². The van der Waals surface area contributed by atoms with Gasteiger partial charge in [-0.25, -0.2) is 13.4 Å². The highest BCUT2D eigenvalue weighted by molar-refractivity contribution is 7.91. The second-order valence-corrected chi connectivity index (χ2v) is 11.3. The Labute approximate surface area is 197 Å². The van der Waals surface area contributed by atoms with Crippen LogP contribution in [0.5, 0.6) is 0 Å². The van der Waals surface area contributed by atoms with Crippen LogP contribution in [0.3, 0.4) is 0 Å². The minimum Gasteiger partial charge on any atom is -0.467 e. The summed E-state index contributed by atoms with van der Waals surface area (Å²) in [6.07, 6.45) is 1.90. The Kier molecular flexibility index (Phi) is 6.95. The van der Waals surface area contributed by atoms with Gasteiger partial charge in [-0.1, -0.05) is 55.5 Å². The summed E-state index contributed by atoms with van der Waals surface area (Å²) in [5.74, 6) is 0.679. The number of carbonyl (C=O) groups excluding carboxylic acids is 1. The zero-order chi connectivity index (χ0) is 23.4. The highest BCUT2D eigenvalue weighted by Gasteiger charge is 2.23. The lowest BCUT2D eigenvalue weighted by Gasteiger charge is -2.18. The van der Waals surface area contributed by atoms with Crippen molar-refractivity contribution >= 4 is 42.4 Å². The molecule has 33 heavy (non-hydrogen) atoms. The molecule has 0 atom stereocenters. The molecule has 4 rings (SSSR count). The van der Waals surface area contributed by atoms with Crippen molar-refractivity contribution in [1.82, 2.24) is 4.98 Å². The molecule has 0 aliphatic rings. The molecule has 4 aromatic rings. The normalized spacial score (nSPS) is 11.8. The monoisotopic (exact) mass is 482 g/mol. The minimum atomic E-state index is -3.43. The fourth-order valence-electron chi connectivity index (χ4n) is 3.65. The summed E-state index contributed by atoms with van der Waals surface area (Å²) in [5, 5.41) is 0.588. The Morgan fingerprint density at radius 2 is 1.85 bits per heavy atom. The van der Waals surface area contributed by atoms with Gasteiger partial charge in [0.2, 0.25) is 5.91 Å². The third-order valence-corrected chi connectivity index (χ3v) is 8.25. The minimum absolute atomic E-state index is 0.0886. The van der Waals surface area contributed by atoms with Gasteiger partial charge in [0, 0.05) is 6.42 Å². The third kappa shape index (κ3) is 5.34. The van der Waals surface area contributed by atoms with E-state index < -0.39 is 9.84 Å². The van der Waals surface area contributed by atoms with Crippen molar-refractivity contribution in [1.29, 1.82) is 0 Å². The Hall–Kier alpha value is -2.97. The van der Waals surface area contributed by atoms with Crippen LogP contribution in [0.25, 0.3) is 10.2 Å². The van der Waals surface area contributed by atoms with Gasteiger partial charge in [0.25, 0.3) is 0 Å². The van der Waals surface area contributed by atoms with Crippen molar-refractivity contribution in [3.8, 4) is 0 Å². The van der Waals surface area contributed by atoms with Gasteiger partial charge in [-0.2, -0.15) is 0 Å². The maximum Gasteiger partial charge on any atom is 0.229 e. The van der Waals surface area contributed by atoms with Crippen LogP contribution in [-0.2, 0) is 21.2 Å². The van der Waals surface area contributed by atoms with Crippen molar-refractivity contribution in [2.75, 3.05) is 10.7 Å². The van der Waals surface area contributed by atoms with Gasteiger partial charge in [-0.05, 0) is 48.2 Å². The highest BCUT2D eigenvalue weighted by atomic mass is 32.2. The Bertz CT molecular complexity index is 1330. The van der Waals surface area contributed by atoms with E-state index >= 15 is 0 Å². The van der Waals surface area contributed by atoms with Crippen LogP contribution < -0.4 is 4.90 Å². The molecule has 2 aromatic carbocycles. The van der Waals surface area contributed by atoms with Gasteiger partial charge in [-0.15, -0.1) is 0 Å². The lowest BCUT2D eigenvalue weighted by atomic mass is 10.0. The van der Waals surface area contributed by atoms with Crippen molar-refractivity contribution in [2.45, 2.75) is 44.0 Å². The van der Waals surface area contributed by atoms with E-state index in [1.54, 1.807) is 47.6 Å². The van der Waals surface area contributed by atoms with Crippen LogP contribution >= 0.6 is 11.3 Å². The Morgan fingerprint density at radius 3 is 2.55 bits per heavy atom. The van der Waals surface area contributed by atoms with E-state index in [1.165, 1.54) is 11.3 Å². The lowest BCUT2D eigenvalue weighted by molar-refractivity contribution is -0.118. The molecule has 0 radical (unpaired) electrons. The first-order valence-corrected chi connectivity index (χ1v) is 13.3. The molecule has 2 heterocycles. The molecular formula is C25H26N2O4S2.